The molecule has 3 rings (SSSR count). The summed E-state index contributed by atoms with van der Waals surface area (Å²) in [6.07, 6.45) is 0.0937. The van der Waals surface area contributed by atoms with Crippen LogP contribution >= 0.6 is 0 Å². The first-order valence-electron chi connectivity index (χ1n) is 6.68. The lowest BCUT2D eigenvalue weighted by Crippen LogP contribution is -2.54. The lowest BCUT2D eigenvalue weighted by Gasteiger charge is -2.36. The summed E-state index contributed by atoms with van der Waals surface area (Å²) in [4.78, 5) is 0. The van der Waals surface area contributed by atoms with Gasteiger partial charge >= 0.3 is 0 Å². The zero-order valence-electron chi connectivity index (χ0n) is 11.6. The molecule has 3 aliphatic rings. The summed E-state index contributed by atoms with van der Waals surface area (Å²) >= 11 is 0. The van der Waals surface area contributed by atoms with Crippen LogP contribution in [0.25, 0.3) is 0 Å². The zero-order chi connectivity index (χ0) is 13.1. The summed E-state index contributed by atoms with van der Waals surface area (Å²) in [6.45, 7) is 9.72. The summed E-state index contributed by atoms with van der Waals surface area (Å²) in [5.74, 6) is -1.21. The lowest BCUT2D eigenvalue weighted by molar-refractivity contribution is -0.234. The SMILES string of the molecule is CCC1O[C@H]2OC(C)(C)OC2C2OC(C)(C)O[C@H]12. The Bertz CT molecular complexity index is 340. The summed E-state index contributed by atoms with van der Waals surface area (Å²) in [5, 5.41) is 0. The fraction of sp³-hybridized carbons (Fsp3) is 1.00. The van der Waals surface area contributed by atoms with Crippen molar-refractivity contribution in [1.29, 1.82) is 0 Å². The second-order valence-corrected chi connectivity index (χ2v) is 6.12. The van der Waals surface area contributed by atoms with Gasteiger partial charge in [-0.1, -0.05) is 6.92 Å². The van der Waals surface area contributed by atoms with Crippen LogP contribution in [0.15, 0.2) is 0 Å². The highest BCUT2D eigenvalue weighted by Gasteiger charge is 2.60. The molecule has 0 radical (unpaired) electrons. The highest BCUT2D eigenvalue weighted by atomic mass is 16.9. The summed E-state index contributed by atoms with van der Waals surface area (Å²) in [6, 6.07) is 0. The van der Waals surface area contributed by atoms with Crippen LogP contribution in [0.5, 0.6) is 0 Å². The van der Waals surface area contributed by atoms with Crippen molar-refractivity contribution in [2.24, 2.45) is 0 Å². The van der Waals surface area contributed by atoms with E-state index in [4.69, 9.17) is 23.7 Å². The van der Waals surface area contributed by atoms with Gasteiger partial charge in [0.1, 0.15) is 18.3 Å². The molecule has 18 heavy (non-hydrogen) atoms. The molecule has 0 aromatic rings. The molecule has 5 atom stereocenters. The highest BCUT2D eigenvalue weighted by molar-refractivity contribution is 4.99. The molecule has 3 aliphatic heterocycles. The summed E-state index contributed by atoms with van der Waals surface area (Å²) in [7, 11) is 0. The molecular weight excluding hydrogens is 236 g/mol. The summed E-state index contributed by atoms with van der Waals surface area (Å²) in [5.41, 5.74) is 0. The molecule has 0 aromatic carbocycles. The normalized spacial score (nSPS) is 48.8. The van der Waals surface area contributed by atoms with E-state index in [-0.39, 0.29) is 30.7 Å². The monoisotopic (exact) mass is 258 g/mol. The Morgan fingerprint density at radius 2 is 1.33 bits per heavy atom. The fourth-order valence-corrected chi connectivity index (χ4v) is 3.02. The van der Waals surface area contributed by atoms with Crippen molar-refractivity contribution in [1.82, 2.24) is 0 Å². The predicted molar refractivity (Wildman–Crippen MR) is 62.8 cm³/mol. The second-order valence-electron chi connectivity index (χ2n) is 6.12. The first kappa shape index (κ1) is 12.8. The minimum atomic E-state index is -0.626. The van der Waals surface area contributed by atoms with Crippen LogP contribution in [0.2, 0.25) is 0 Å². The molecule has 3 heterocycles. The van der Waals surface area contributed by atoms with Crippen molar-refractivity contribution in [2.45, 2.75) is 83.3 Å². The van der Waals surface area contributed by atoms with Crippen molar-refractivity contribution >= 4 is 0 Å². The molecule has 0 N–H and O–H groups in total. The maximum atomic E-state index is 5.98. The smallest absolute Gasteiger partial charge is 0.190 e. The first-order chi connectivity index (χ1) is 8.31. The van der Waals surface area contributed by atoms with Crippen LogP contribution in [0, 0.1) is 0 Å². The van der Waals surface area contributed by atoms with Gasteiger partial charge in [-0.25, -0.2) is 0 Å². The van der Waals surface area contributed by atoms with Gasteiger partial charge in [0.15, 0.2) is 17.9 Å². The molecule has 0 aromatic heterocycles. The van der Waals surface area contributed by atoms with Gasteiger partial charge in [0.2, 0.25) is 0 Å². The van der Waals surface area contributed by atoms with Gasteiger partial charge in [-0.05, 0) is 34.1 Å². The quantitative estimate of drug-likeness (QED) is 0.717. The van der Waals surface area contributed by atoms with E-state index in [0.29, 0.717) is 0 Å². The number of ether oxygens (including phenoxy) is 5. The Morgan fingerprint density at radius 1 is 0.778 bits per heavy atom. The lowest BCUT2D eigenvalue weighted by atomic mass is 9.97. The molecule has 3 fully saturated rings. The number of fused-ring (bicyclic) bond motifs is 3. The molecule has 0 bridgehead atoms. The Balaban J connectivity index is 1.86. The molecule has 0 saturated carbocycles. The van der Waals surface area contributed by atoms with Crippen molar-refractivity contribution < 1.29 is 23.7 Å². The average molecular weight is 258 g/mol. The van der Waals surface area contributed by atoms with Gasteiger partial charge in [0, 0.05) is 0 Å². The molecule has 5 nitrogen and oxygen atoms in total. The Labute approximate surface area is 108 Å². The Kier molecular flexibility index (Phi) is 2.78. The maximum absolute atomic E-state index is 5.98. The minimum absolute atomic E-state index is 0.00414. The third-order valence-electron chi connectivity index (χ3n) is 3.65. The van der Waals surface area contributed by atoms with Crippen LogP contribution in [-0.4, -0.2) is 42.3 Å². The van der Waals surface area contributed by atoms with Gasteiger partial charge in [-0.2, -0.15) is 0 Å². The molecular formula is C13H22O5. The van der Waals surface area contributed by atoms with E-state index >= 15 is 0 Å². The van der Waals surface area contributed by atoms with Crippen LogP contribution in [0.4, 0.5) is 0 Å². The number of hydrogen-bond acceptors (Lipinski definition) is 5. The predicted octanol–water partition coefficient (Wildman–Crippen LogP) is 1.79. The molecule has 104 valence electrons. The van der Waals surface area contributed by atoms with Crippen LogP contribution in [0.3, 0.4) is 0 Å². The van der Waals surface area contributed by atoms with E-state index in [1.54, 1.807) is 0 Å². The van der Waals surface area contributed by atoms with E-state index in [9.17, 15) is 0 Å². The largest absolute Gasteiger partial charge is 0.344 e. The minimum Gasteiger partial charge on any atom is -0.344 e. The van der Waals surface area contributed by atoms with Gasteiger partial charge < -0.3 is 23.7 Å². The van der Waals surface area contributed by atoms with Crippen molar-refractivity contribution in [3.63, 3.8) is 0 Å². The standard InChI is InChI=1S/C13H22O5/c1-6-7-8-9(16-12(2,3)15-8)10-11(14-7)18-13(4,5)17-10/h7-11H,6H2,1-5H3/t7?,8-,9?,10?,11+/m1/s1. The van der Waals surface area contributed by atoms with Crippen molar-refractivity contribution in [3.05, 3.63) is 0 Å². The number of rotatable bonds is 1. The van der Waals surface area contributed by atoms with Crippen LogP contribution in [-0.2, 0) is 23.7 Å². The fourth-order valence-electron chi connectivity index (χ4n) is 3.02. The van der Waals surface area contributed by atoms with Gasteiger partial charge in [0.25, 0.3) is 0 Å². The summed E-state index contributed by atoms with van der Waals surface area (Å²) < 4.78 is 29.6. The molecule has 0 spiro atoms. The van der Waals surface area contributed by atoms with E-state index in [1.165, 1.54) is 0 Å². The second kappa shape index (κ2) is 3.90. The molecule has 0 amide bonds. The molecule has 0 aliphatic carbocycles. The average Bonchev–Trinajstić information content (AvgIpc) is 2.71. The van der Waals surface area contributed by atoms with E-state index < -0.39 is 11.6 Å². The molecule has 3 unspecified atom stereocenters. The van der Waals surface area contributed by atoms with Crippen molar-refractivity contribution in [3.8, 4) is 0 Å². The Hall–Kier alpha value is -0.200. The third kappa shape index (κ3) is 1.98. The van der Waals surface area contributed by atoms with E-state index in [1.807, 2.05) is 27.7 Å². The van der Waals surface area contributed by atoms with Gasteiger partial charge in [-0.15, -0.1) is 0 Å². The first-order valence-corrected chi connectivity index (χ1v) is 6.68. The van der Waals surface area contributed by atoms with Crippen LogP contribution in [0.1, 0.15) is 41.0 Å². The van der Waals surface area contributed by atoms with Crippen molar-refractivity contribution in [2.75, 3.05) is 0 Å². The number of hydrogen-bond donors (Lipinski definition) is 0. The zero-order valence-corrected chi connectivity index (χ0v) is 11.6. The molecule has 3 saturated heterocycles. The van der Waals surface area contributed by atoms with Crippen LogP contribution < -0.4 is 0 Å². The highest BCUT2D eigenvalue weighted by Crippen LogP contribution is 2.44. The third-order valence-corrected chi connectivity index (χ3v) is 3.65. The maximum Gasteiger partial charge on any atom is 0.190 e. The van der Waals surface area contributed by atoms with E-state index in [0.717, 1.165) is 6.42 Å². The van der Waals surface area contributed by atoms with Gasteiger partial charge in [-0.3, -0.25) is 0 Å². The topological polar surface area (TPSA) is 46.2 Å². The molecule has 5 heteroatoms. The van der Waals surface area contributed by atoms with E-state index in [2.05, 4.69) is 6.92 Å². The Morgan fingerprint density at radius 3 is 2.00 bits per heavy atom. The van der Waals surface area contributed by atoms with Gasteiger partial charge in [0.05, 0.1) is 6.10 Å².